The molecular formula is C20H27N3O4. The number of nitrogens with zero attached hydrogens (tertiary/aromatic N) is 3. The summed E-state index contributed by atoms with van der Waals surface area (Å²) >= 11 is 0. The van der Waals surface area contributed by atoms with Crippen LogP contribution in [0.25, 0.3) is 0 Å². The van der Waals surface area contributed by atoms with Gasteiger partial charge in [-0.25, -0.2) is 0 Å². The zero-order valence-corrected chi connectivity index (χ0v) is 16.1. The molecular weight excluding hydrogens is 346 g/mol. The first kappa shape index (κ1) is 19.4. The van der Waals surface area contributed by atoms with Crippen molar-refractivity contribution in [3.8, 4) is 0 Å². The summed E-state index contributed by atoms with van der Waals surface area (Å²) in [5.41, 5.74) is 2.03. The lowest BCUT2D eigenvalue weighted by Gasteiger charge is -2.31. The Bertz CT molecular complexity index is 736. The van der Waals surface area contributed by atoms with Crippen molar-refractivity contribution in [3.63, 3.8) is 0 Å². The maximum absolute atomic E-state index is 12.7. The van der Waals surface area contributed by atoms with E-state index in [4.69, 9.17) is 4.74 Å². The smallest absolute Gasteiger partial charge is 0.290 e. The Kier molecular flexibility index (Phi) is 5.82. The molecule has 1 aromatic rings. The molecule has 27 heavy (non-hydrogen) atoms. The summed E-state index contributed by atoms with van der Waals surface area (Å²) in [4.78, 5) is 30.7. The Balaban J connectivity index is 1.86. The zero-order valence-electron chi connectivity index (χ0n) is 16.1. The highest BCUT2D eigenvalue weighted by molar-refractivity contribution is 6.08. The molecule has 1 aromatic carbocycles. The Morgan fingerprint density at radius 3 is 2.37 bits per heavy atom. The van der Waals surface area contributed by atoms with Crippen molar-refractivity contribution in [1.82, 2.24) is 9.80 Å². The number of ketones is 1. The van der Waals surface area contributed by atoms with Gasteiger partial charge in [-0.2, -0.15) is 0 Å². The van der Waals surface area contributed by atoms with Gasteiger partial charge in [-0.05, 0) is 24.6 Å². The highest BCUT2D eigenvalue weighted by Crippen LogP contribution is 2.37. The number of benzene rings is 1. The number of aliphatic hydroxyl groups excluding tert-OH is 1. The third-order valence-electron chi connectivity index (χ3n) is 5.17. The molecule has 7 nitrogen and oxygen atoms in total. The highest BCUT2D eigenvalue weighted by atomic mass is 16.5. The molecule has 0 saturated carbocycles. The van der Waals surface area contributed by atoms with Gasteiger partial charge in [0.15, 0.2) is 11.5 Å². The summed E-state index contributed by atoms with van der Waals surface area (Å²) in [7, 11) is 3.91. The van der Waals surface area contributed by atoms with Crippen LogP contribution >= 0.6 is 0 Å². The molecule has 146 valence electrons. The molecule has 2 aliphatic rings. The number of carbonyl (C=O) groups is 2. The average Bonchev–Trinajstić information content (AvgIpc) is 2.92. The van der Waals surface area contributed by atoms with Gasteiger partial charge >= 0.3 is 0 Å². The number of amides is 1. The second kappa shape index (κ2) is 8.10. The summed E-state index contributed by atoms with van der Waals surface area (Å²) in [6, 6.07) is 7.18. The first-order valence-electron chi connectivity index (χ1n) is 9.22. The largest absolute Gasteiger partial charge is 0.503 e. The van der Waals surface area contributed by atoms with Gasteiger partial charge in [0.25, 0.3) is 5.91 Å². The summed E-state index contributed by atoms with van der Waals surface area (Å²) in [6.07, 6.45) is 0. The molecule has 1 N–H and O–H groups in total. The molecule has 7 heteroatoms. The van der Waals surface area contributed by atoms with Crippen molar-refractivity contribution in [1.29, 1.82) is 0 Å². The van der Waals surface area contributed by atoms with Gasteiger partial charge < -0.3 is 19.6 Å². The molecule has 0 unspecified atom stereocenters. The second-order valence-electron chi connectivity index (χ2n) is 7.16. The molecule has 1 fully saturated rings. The number of anilines is 1. The standard InChI is InChI=1S/C20H27N3O4/c1-14(24)17-18(15-4-6-16(7-5-15)21(2)3)23(20(26)19(17)25)9-8-22-10-12-27-13-11-22/h4-7,18,25H,8-13H2,1-3H3/t18-/m0/s1. The van der Waals surface area contributed by atoms with Crippen LogP contribution in [-0.2, 0) is 14.3 Å². The van der Waals surface area contributed by atoms with E-state index in [0.29, 0.717) is 26.3 Å². The molecule has 0 spiro atoms. The molecule has 1 saturated heterocycles. The van der Waals surface area contributed by atoms with Gasteiger partial charge in [-0.1, -0.05) is 12.1 Å². The van der Waals surface area contributed by atoms with Crippen molar-refractivity contribution in [2.24, 2.45) is 0 Å². The van der Waals surface area contributed by atoms with Gasteiger partial charge in [0.05, 0.1) is 24.8 Å². The van der Waals surface area contributed by atoms with Crippen LogP contribution in [0.3, 0.4) is 0 Å². The molecule has 2 aliphatic heterocycles. The third-order valence-corrected chi connectivity index (χ3v) is 5.17. The van der Waals surface area contributed by atoms with Crippen molar-refractivity contribution >= 4 is 17.4 Å². The predicted octanol–water partition coefficient (Wildman–Crippen LogP) is 1.37. The quantitative estimate of drug-likeness (QED) is 0.812. The Hall–Kier alpha value is -2.38. The van der Waals surface area contributed by atoms with Crippen LogP contribution in [0.4, 0.5) is 5.69 Å². The van der Waals surface area contributed by atoms with E-state index in [1.165, 1.54) is 6.92 Å². The number of hydrogen-bond donors (Lipinski definition) is 1. The van der Waals surface area contributed by atoms with E-state index in [0.717, 1.165) is 24.3 Å². The first-order valence-corrected chi connectivity index (χ1v) is 9.22. The van der Waals surface area contributed by atoms with E-state index in [9.17, 15) is 14.7 Å². The van der Waals surface area contributed by atoms with Gasteiger partial charge in [0.2, 0.25) is 0 Å². The zero-order chi connectivity index (χ0) is 19.6. The Labute approximate surface area is 159 Å². The number of Topliss-reactive ketones (excluding diaryl/α,β-unsaturated/α-hetero) is 1. The van der Waals surface area contributed by atoms with Gasteiger partial charge in [-0.3, -0.25) is 14.5 Å². The summed E-state index contributed by atoms with van der Waals surface area (Å²) in [5.74, 6) is -1.18. The van der Waals surface area contributed by atoms with E-state index in [-0.39, 0.29) is 11.4 Å². The van der Waals surface area contributed by atoms with Crippen LogP contribution in [0.15, 0.2) is 35.6 Å². The summed E-state index contributed by atoms with van der Waals surface area (Å²) in [5, 5.41) is 10.3. The highest BCUT2D eigenvalue weighted by Gasteiger charge is 2.42. The number of ether oxygens (including phenoxy) is 1. The third kappa shape index (κ3) is 3.99. The molecule has 0 aromatic heterocycles. The fraction of sp³-hybridized carbons (Fsp3) is 0.500. The monoisotopic (exact) mass is 373 g/mol. The lowest BCUT2D eigenvalue weighted by Crippen LogP contribution is -2.43. The average molecular weight is 373 g/mol. The van der Waals surface area contributed by atoms with Crippen molar-refractivity contribution in [3.05, 3.63) is 41.2 Å². The van der Waals surface area contributed by atoms with Crippen LogP contribution in [0.2, 0.25) is 0 Å². The van der Waals surface area contributed by atoms with E-state index >= 15 is 0 Å². The number of morpholine rings is 1. The molecule has 0 radical (unpaired) electrons. The van der Waals surface area contributed by atoms with Crippen LogP contribution in [0.5, 0.6) is 0 Å². The van der Waals surface area contributed by atoms with E-state index in [1.807, 2.05) is 43.3 Å². The SMILES string of the molecule is CC(=O)C1=C(O)C(=O)N(CCN2CCOCC2)[C@H]1c1ccc(N(C)C)cc1. The fourth-order valence-electron chi connectivity index (χ4n) is 3.62. The van der Waals surface area contributed by atoms with Crippen LogP contribution in [0, 0.1) is 0 Å². The van der Waals surface area contributed by atoms with Crippen LogP contribution in [0.1, 0.15) is 18.5 Å². The lowest BCUT2D eigenvalue weighted by atomic mass is 9.96. The normalized spacial score (nSPS) is 21.1. The topological polar surface area (TPSA) is 73.3 Å². The molecule has 2 heterocycles. The van der Waals surface area contributed by atoms with Crippen molar-refractivity contribution in [2.45, 2.75) is 13.0 Å². The first-order chi connectivity index (χ1) is 12.9. The molecule has 3 rings (SSSR count). The van der Waals surface area contributed by atoms with Crippen LogP contribution < -0.4 is 4.90 Å². The van der Waals surface area contributed by atoms with E-state index in [1.54, 1.807) is 4.90 Å². The van der Waals surface area contributed by atoms with Gasteiger partial charge in [0, 0.05) is 46.0 Å². The second-order valence-corrected chi connectivity index (χ2v) is 7.16. The lowest BCUT2D eigenvalue weighted by molar-refractivity contribution is -0.129. The van der Waals surface area contributed by atoms with Crippen LogP contribution in [-0.4, -0.2) is 80.1 Å². The maximum Gasteiger partial charge on any atom is 0.290 e. The van der Waals surface area contributed by atoms with Crippen molar-refractivity contribution < 1.29 is 19.4 Å². The Morgan fingerprint density at radius 2 is 1.81 bits per heavy atom. The number of hydrogen-bond acceptors (Lipinski definition) is 6. The van der Waals surface area contributed by atoms with E-state index in [2.05, 4.69) is 4.90 Å². The molecule has 0 bridgehead atoms. The Morgan fingerprint density at radius 1 is 1.19 bits per heavy atom. The fourth-order valence-corrected chi connectivity index (χ4v) is 3.62. The minimum Gasteiger partial charge on any atom is -0.503 e. The van der Waals surface area contributed by atoms with Gasteiger partial charge in [0.1, 0.15) is 0 Å². The minimum atomic E-state index is -0.549. The van der Waals surface area contributed by atoms with Crippen molar-refractivity contribution in [2.75, 3.05) is 58.4 Å². The number of rotatable bonds is 6. The molecule has 0 aliphatic carbocycles. The summed E-state index contributed by atoms with van der Waals surface area (Å²) in [6.45, 7) is 5.54. The van der Waals surface area contributed by atoms with E-state index < -0.39 is 17.7 Å². The number of carbonyl (C=O) groups excluding carboxylic acids is 2. The summed E-state index contributed by atoms with van der Waals surface area (Å²) < 4.78 is 5.36. The molecule has 1 atom stereocenters. The maximum atomic E-state index is 12.7. The minimum absolute atomic E-state index is 0.180. The van der Waals surface area contributed by atoms with Gasteiger partial charge in [-0.15, -0.1) is 0 Å². The predicted molar refractivity (Wildman–Crippen MR) is 103 cm³/mol. The molecule has 1 amide bonds. The number of aliphatic hydroxyl groups is 1.